The van der Waals surface area contributed by atoms with Crippen LogP contribution in [0.1, 0.15) is 74.5 Å². The Morgan fingerprint density at radius 3 is 2.42 bits per heavy atom. The molecule has 0 bridgehead atoms. The van der Waals surface area contributed by atoms with E-state index in [1.54, 1.807) is 0 Å². The van der Waals surface area contributed by atoms with Gasteiger partial charge >= 0.3 is 0 Å². The molecule has 106 valence electrons. The van der Waals surface area contributed by atoms with Gasteiger partial charge in [0.1, 0.15) is 0 Å². The molecule has 1 atom stereocenters. The van der Waals surface area contributed by atoms with E-state index in [0.29, 0.717) is 11.8 Å². The van der Waals surface area contributed by atoms with Crippen molar-refractivity contribution < 1.29 is 0 Å². The van der Waals surface area contributed by atoms with Gasteiger partial charge in [-0.15, -0.1) is 0 Å². The molecule has 0 spiro atoms. The van der Waals surface area contributed by atoms with Crippen LogP contribution in [0.2, 0.25) is 0 Å². The van der Waals surface area contributed by atoms with Gasteiger partial charge in [0.25, 0.3) is 0 Å². The SMILES string of the molecule is Cc1ccc(C(C)C)cc1C(CN)C1CCCCC1. The van der Waals surface area contributed by atoms with Crippen LogP contribution in [0.3, 0.4) is 0 Å². The zero-order valence-electron chi connectivity index (χ0n) is 12.8. The second-order valence-corrected chi connectivity index (χ2v) is 6.51. The molecule has 0 heterocycles. The van der Waals surface area contributed by atoms with Crippen molar-refractivity contribution in [1.82, 2.24) is 0 Å². The molecule has 1 unspecified atom stereocenters. The van der Waals surface area contributed by atoms with Crippen LogP contribution in [-0.4, -0.2) is 6.54 Å². The van der Waals surface area contributed by atoms with Crippen LogP contribution in [0.5, 0.6) is 0 Å². The van der Waals surface area contributed by atoms with Crippen LogP contribution in [0.15, 0.2) is 18.2 Å². The fourth-order valence-electron chi connectivity index (χ4n) is 3.53. The normalized spacial score (nSPS) is 18.8. The molecule has 1 fully saturated rings. The van der Waals surface area contributed by atoms with E-state index in [4.69, 9.17) is 5.73 Å². The third-order valence-electron chi connectivity index (χ3n) is 4.84. The van der Waals surface area contributed by atoms with Crippen molar-refractivity contribution in [1.29, 1.82) is 0 Å². The summed E-state index contributed by atoms with van der Waals surface area (Å²) in [6, 6.07) is 6.99. The van der Waals surface area contributed by atoms with Gasteiger partial charge in [-0.2, -0.15) is 0 Å². The molecular weight excluding hydrogens is 230 g/mol. The lowest BCUT2D eigenvalue weighted by atomic mass is 9.75. The van der Waals surface area contributed by atoms with Gasteiger partial charge in [-0.25, -0.2) is 0 Å². The van der Waals surface area contributed by atoms with Crippen LogP contribution in [-0.2, 0) is 0 Å². The predicted molar refractivity (Wildman–Crippen MR) is 83.6 cm³/mol. The maximum atomic E-state index is 6.13. The van der Waals surface area contributed by atoms with Gasteiger partial charge in [-0.1, -0.05) is 51.3 Å². The lowest BCUT2D eigenvalue weighted by Crippen LogP contribution is -2.24. The fraction of sp³-hybridized carbons (Fsp3) is 0.667. The summed E-state index contributed by atoms with van der Waals surface area (Å²) >= 11 is 0. The third kappa shape index (κ3) is 3.39. The summed E-state index contributed by atoms with van der Waals surface area (Å²) in [6.45, 7) is 7.58. The van der Waals surface area contributed by atoms with Crippen molar-refractivity contribution in [3.05, 3.63) is 34.9 Å². The van der Waals surface area contributed by atoms with E-state index in [2.05, 4.69) is 39.0 Å². The molecule has 2 rings (SSSR count). The second-order valence-electron chi connectivity index (χ2n) is 6.51. The number of benzene rings is 1. The Morgan fingerprint density at radius 1 is 1.16 bits per heavy atom. The Bertz CT molecular complexity index is 402. The summed E-state index contributed by atoms with van der Waals surface area (Å²) in [5.74, 6) is 1.97. The first kappa shape index (κ1) is 14.6. The van der Waals surface area contributed by atoms with Crippen molar-refractivity contribution in [2.75, 3.05) is 6.54 Å². The highest BCUT2D eigenvalue weighted by atomic mass is 14.6. The standard InChI is InChI=1S/C18H29N/c1-13(2)16-10-9-14(3)17(11-16)18(12-19)15-7-5-4-6-8-15/h9-11,13,15,18H,4-8,12,19H2,1-3H3. The topological polar surface area (TPSA) is 26.0 Å². The van der Waals surface area contributed by atoms with Crippen LogP contribution < -0.4 is 5.73 Å². The molecule has 1 aromatic carbocycles. The number of hydrogen-bond donors (Lipinski definition) is 1. The summed E-state index contributed by atoms with van der Waals surface area (Å²) in [5, 5.41) is 0. The van der Waals surface area contributed by atoms with Gasteiger partial charge < -0.3 is 5.73 Å². The number of hydrogen-bond acceptors (Lipinski definition) is 1. The van der Waals surface area contributed by atoms with Crippen LogP contribution in [0.4, 0.5) is 0 Å². The lowest BCUT2D eigenvalue weighted by Gasteiger charge is -2.31. The number of aryl methyl sites for hydroxylation is 1. The first-order valence-corrected chi connectivity index (χ1v) is 7.94. The Labute approximate surface area is 118 Å². The van der Waals surface area contributed by atoms with E-state index in [1.807, 2.05) is 0 Å². The Morgan fingerprint density at radius 2 is 1.84 bits per heavy atom. The quantitative estimate of drug-likeness (QED) is 0.830. The zero-order valence-corrected chi connectivity index (χ0v) is 12.8. The van der Waals surface area contributed by atoms with E-state index < -0.39 is 0 Å². The summed E-state index contributed by atoms with van der Waals surface area (Å²) in [6.07, 6.45) is 6.94. The molecule has 1 aliphatic carbocycles. The molecule has 1 heteroatoms. The molecule has 0 saturated heterocycles. The Kier molecular flexibility index (Phi) is 5.04. The van der Waals surface area contributed by atoms with Gasteiger partial charge in [0.2, 0.25) is 0 Å². The lowest BCUT2D eigenvalue weighted by molar-refractivity contribution is 0.307. The smallest absolute Gasteiger partial charge is 0.000546 e. The first-order chi connectivity index (χ1) is 9.13. The second kappa shape index (κ2) is 6.56. The average Bonchev–Trinajstić information content (AvgIpc) is 2.42. The molecule has 0 aliphatic heterocycles. The Balaban J connectivity index is 2.28. The highest BCUT2D eigenvalue weighted by Gasteiger charge is 2.25. The van der Waals surface area contributed by atoms with E-state index >= 15 is 0 Å². The highest BCUT2D eigenvalue weighted by Crippen LogP contribution is 2.37. The largest absolute Gasteiger partial charge is 0.330 e. The van der Waals surface area contributed by atoms with Gasteiger partial charge in [-0.05, 0) is 60.8 Å². The van der Waals surface area contributed by atoms with Crippen molar-refractivity contribution in [2.24, 2.45) is 11.7 Å². The number of rotatable bonds is 4. The summed E-state index contributed by atoms with van der Waals surface area (Å²) in [4.78, 5) is 0. The van der Waals surface area contributed by atoms with Gasteiger partial charge in [0.05, 0.1) is 0 Å². The van der Waals surface area contributed by atoms with E-state index in [0.717, 1.165) is 12.5 Å². The van der Waals surface area contributed by atoms with Gasteiger partial charge in [0, 0.05) is 0 Å². The van der Waals surface area contributed by atoms with Crippen molar-refractivity contribution >= 4 is 0 Å². The van der Waals surface area contributed by atoms with Crippen molar-refractivity contribution in [3.8, 4) is 0 Å². The van der Waals surface area contributed by atoms with Gasteiger partial charge in [-0.3, -0.25) is 0 Å². The minimum atomic E-state index is 0.569. The summed E-state index contributed by atoms with van der Waals surface area (Å²) in [7, 11) is 0. The first-order valence-electron chi connectivity index (χ1n) is 7.94. The van der Waals surface area contributed by atoms with E-state index in [9.17, 15) is 0 Å². The molecule has 1 nitrogen and oxygen atoms in total. The monoisotopic (exact) mass is 259 g/mol. The van der Waals surface area contributed by atoms with Crippen molar-refractivity contribution in [2.45, 2.75) is 64.7 Å². The van der Waals surface area contributed by atoms with Crippen LogP contribution in [0.25, 0.3) is 0 Å². The summed E-state index contributed by atoms with van der Waals surface area (Å²) < 4.78 is 0. The Hall–Kier alpha value is -0.820. The maximum Gasteiger partial charge on any atom is -0.000546 e. The average molecular weight is 259 g/mol. The third-order valence-corrected chi connectivity index (χ3v) is 4.84. The molecule has 0 radical (unpaired) electrons. The molecular formula is C18H29N. The van der Waals surface area contributed by atoms with Crippen LogP contribution in [0, 0.1) is 12.8 Å². The molecule has 19 heavy (non-hydrogen) atoms. The molecule has 1 aromatic rings. The zero-order chi connectivity index (χ0) is 13.8. The highest BCUT2D eigenvalue weighted by molar-refractivity contribution is 5.36. The summed E-state index contributed by atoms with van der Waals surface area (Å²) in [5.41, 5.74) is 10.5. The van der Waals surface area contributed by atoms with Crippen LogP contribution >= 0.6 is 0 Å². The number of nitrogens with two attached hydrogens (primary N) is 1. The van der Waals surface area contributed by atoms with Gasteiger partial charge in [0.15, 0.2) is 0 Å². The minimum absolute atomic E-state index is 0.569. The molecule has 0 aromatic heterocycles. The molecule has 1 aliphatic rings. The predicted octanol–water partition coefficient (Wildman–Crippen LogP) is 4.74. The molecule has 2 N–H and O–H groups in total. The molecule has 1 saturated carbocycles. The minimum Gasteiger partial charge on any atom is -0.330 e. The van der Waals surface area contributed by atoms with Crippen molar-refractivity contribution in [3.63, 3.8) is 0 Å². The fourth-order valence-corrected chi connectivity index (χ4v) is 3.53. The van der Waals surface area contributed by atoms with E-state index in [1.165, 1.54) is 48.8 Å². The van der Waals surface area contributed by atoms with E-state index in [-0.39, 0.29) is 0 Å². The maximum absolute atomic E-state index is 6.13. The molecule has 0 amide bonds.